The Morgan fingerprint density at radius 2 is 2.35 bits per heavy atom. The summed E-state index contributed by atoms with van der Waals surface area (Å²) in [6, 6.07) is 1.23. The topological polar surface area (TPSA) is 93.5 Å². The van der Waals surface area contributed by atoms with Gasteiger partial charge in [0, 0.05) is 12.3 Å². The van der Waals surface area contributed by atoms with Gasteiger partial charge in [-0.25, -0.2) is 4.79 Å². The summed E-state index contributed by atoms with van der Waals surface area (Å²) < 4.78 is 12.2. The molecule has 0 aromatic carbocycles. The Kier molecular flexibility index (Phi) is 2.07. The Bertz CT molecular complexity index is 564. The molecule has 2 unspecified atom stereocenters. The minimum Gasteiger partial charge on any atom is -0.387 e. The van der Waals surface area contributed by atoms with Crippen LogP contribution >= 0.6 is 0 Å². The smallest absolute Gasteiger partial charge is 0.330 e. The second kappa shape index (κ2) is 3.28. The van der Waals surface area contributed by atoms with Crippen molar-refractivity contribution < 1.29 is 14.6 Å². The molecule has 3 rings (SSSR count). The second-order valence-electron chi connectivity index (χ2n) is 4.56. The monoisotopic (exact) mass is 240 g/mol. The molecule has 2 bridgehead atoms. The molecule has 7 heteroatoms. The third-order valence-corrected chi connectivity index (χ3v) is 3.30. The van der Waals surface area contributed by atoms with Gasteiger partial charge < -0.3 is 14.6 Å². The summed E-state index contributed by atoms with van der Waals surface area (Å²) in [6.45, 7) is 2.03. The van der Waals surface area contributed by atoms with Crippen molar-refractivity contribution in [3.8, 4) is 0 Å². The van der Waals surface area contributed by atoms with E-state index in [9.17, 15) is 14.7 Å². The van der Waals surface area contributed by atoms with Crippen LogP contribution in [0, 0.1) is 0 Å². The molecule has 92 valence electrons. The third kappa shape index (κ3) is 1.40. The maximum absolute atomic E-state index is 11.6. The highest BCUT2D eigenvalue weighted by Crippen LogP contribution is 2.43. The lowest BCUT2D eigenvalue weighted by Crippen LogP contribution is -2.39. The minimum atomic E-state index is -0.787. The predicted molar refractivity (Wildman–Crippen MR) is 55.6 cm³/mol. The molecule has 0 saturated carbocycles. The maximum atomic E-state index is 11.6. The zero-order chi connectivity index (χ0) is 12.2. The quantitative estimate of drug-likeness (QED) is 0.628. The fourth-order valence-corrected chi connectivity index (χ4v) is 2.31. The molecule has 7 nitrogen and oxygen atoms in total. The van der Waals surface area contributed by atoms with E-state index in [0.29, 0.717) is 6.61 Å². The molecule has 2 saturated heterocycles. The van der Waals surface area contributed by atoms with Crippen molar-refractivity contribution in [2.75, 3.05) is 6.61 Å². The van der Waals surface area contributed by atoms with Crippen LogP contribution in [0.25, 0.3) is 0 Å². The van der Waals surface area contributed by atoms with E-state index in [1.54, 1.807) is 6.92 Å². The Hall–Kier alpha value is -1.44. The Balaban J connectivity index is 2.03. The molecule has 2 N–H and O–H groups in total. The van der Waals surface area contributed by atoms with Crippen molar-refractivity contribution in [1.82, 2.24) is 9.55 Å². The molecular weight excluding hydrogens is 228 g/mol. The fourth-order valence-electron chi connectivity index (χ4n) is 2.31. The normalized spacial score (nSPS) is 39.8. The van der Waals surface area contributed by atoms with Crippen molar-refractivity contribution >= 4 is 0 Å². The van der Waals surface area contributed by atoms with Crippen molar-refractivity contribution in [3.05, 3.63) is 33.1 Å². The molecule has 2 fully saturated rings. The molecular formula is C10H12N2O5. The number of nitrogens with zero attached hydrogens (tertiary/aromatic N) is 1. The SMILES string of the molecule is C[C@]12COC(C1O)[C@H](n1ccc(=O)[nH]c1=O)O2. The first-order valence-electron chi connectivity index (χ1n) is 5.30. The van der Waals surface area contributed by atoms with Gasteiger partial charge in [-0.05, 0) is 6.92 Å². The second-order valence-corrected chi connectivity index (χ2v) is 4.56. The molecule has 2 aliphatic heterocycles. The standard InChI is InChI=1S/C10H12N2O5/c1-10-4-16-6(7(10)14)8(17-10)12-3-2-5(13)11-9(12)15/h2-3,6-8,14H,4H2,1H3,(H,11,13,15)/t6?,7?,8-,10+/m1/s1. The zero-order valence-corrected chi connectivity index (χ0v) is 9.12. The van der Waals surface area contributed by atoms with Crippen molar-refractivity contribution in [2.24, 2.45) is 0 Å². The van der Waals surface area contributed by atoms with Crippen LogP contribution in [0.2, 0.25) is 0 Å². The number of ether oxygens (including phenoxy) is 2. The summed E-state index contributed by atoms with van der Waals surface area (Å²) in [5, 5.41) is 9.93. The number of hydrogen-bond acceptors (Lipinski definition) is 5. The molecule has 0 amide bonds. The number of fused-ring (bicyclic) bond motifs is 2. The van der Waals surface area contributed by atoms with Gasteiger partial charge in [-0.15, -0.1) is 0 Å². The van der Waals surface area contributed by atoms with Gasteiger partial charge in [0.1, 0.15) is 17.8 Å². The summed E-state index contributed by atoms with van der Waals surface area (Å²) in [7, 11) is 0. The minimum absolute atomic E-state index is 0.299. The summed E-state index contributed by atoms with van der Waals surface area (Å²) >= 11 is 0. The van der Waals surface area contributed by atoms with E-state index in [4.69, 9.17) is 9.47 Å². The van der Waals surface area contributed by atoms with Crippen molar-refractivity contribution in [1.29, 1.82) is 0 Å². The molecule has 3 heterocycles. The Labute approximate surface area is 95.6 Å². The van der Waals surface area contributed by atoms with Crippen LogP contribution in [0.4, 0.5) is 0 Å². The summed E-state index contributed by atoms with van der Waals surface area (Å²) in [4.78, 5) is 24.7. The maximum Gasteiger partial charge on any atom is 0.330 e. The molecule has 4 atom stereocenters. The highest BCUT2D eigenvalue weighted by atomic mass is 16.6. The predicted octanol–water partition coefficient (Wildman–Crippen LogP) is -1.42. The van der Waals surface area contributed by atoms with E-state index in [2.05, 4.69) is 4.98 Å². The van der Waals surface area contributed by atoms with Gasteiger partial charge in [-0.1, -0.05) is 0 Å². The molecule has 1 aromatic rings. The Morgan fingerprint density at radius 3 is 2.88 bits per heavy atom. The van der Waals surface area contributed by atoms with Crippen LogP contribution < -0.4 is 11.2 Å². The average Bonchev–Trinajstić information content (AvgIpc) is 2.67. The van der Waals surface area contributed by atoms with E-state index in [1.807, 2.05) is 0 Å². The van der Waals surface area contributed by atoms with E-state index < -0.39 is 35.3 Å². The molecule has 2 aliphatic rings. The van der Waals surface area contributed by atoms with Gasteiger partial charge in [-0.3, -0.25) is 14.3 Å². The lowest BCUT2D eigenvalue weighted by atomic mass is 10.0. The summed E-state index contributed by atoms with van der Waals surface area (Å²) in [5.41, 5.74) is -1.83. The van der Waals surface area contributed by atoms with Gasteiger partial charge in [0.2, 0.25) is 0 Å². The highest BCUT2D eigenvalue weighted by molar-refractivity contribution is 5.05. The molecule has 1 aromatic heterocycles. The zero-order valence-electron chi connectivity index (χ0n) is 9.12. The number of rotatable bonds is 1. The molecule has 0 spiro atoms. The van der Waals surface area contributed by atoms with Crippen LogP contribution in [-0.4, -0.2) is 39.1 Å². The van der Waals surface area contributed by atoms with E-state index in [0.717, 1.165) is 0 Å². The van der Waals surface area contributed by atoms with Crippen LogP contribution in [-0.2, 0) is 9.47 Å². The lowest BCUT2D eigenvalue weighted by Gasteiger charge is -2.27. The van der Waals surface area contributed by atoms with E-state index in [1.165, 1.54) is 16.8 Å². The first-order chi connectivity index (χ1) is 8.01. The number of H-pyrrole nitrogens is 1. The van der Waals surface area contributed by atoms with Gasteiger partial charge in [0.25, 0.3) is 5.56 Å². The van der Waals surface area contributed by atoms with E-state index in [-0.39, 0.29) is 0 Å². The largest absolute Gasteiger partial charge is 0.387 e. The van der Waals surface area contributed by atoms with E-state index >= 15 is 0 Å². The first kappa shape index (κ1) is 10.7. The number of aliphatic hydroxyl groups is 1. The third-order valence-electron chi connectivity index (χ3n) is 3.30. The number of aromatic nitrogens is 2. The van der Waals surface area contributed by atoms with Gasteiger partial charge in [0.05, 0.1) is 6.61 Å². The average molecular weight is 240 g/mol. The van der Waals surface area contributed by atoms with Crippen LogP contribution in [0.1, 0.15) is 13.2 Å². The number of aromatic amines is 1. The number of aliphatic hydroxyl groups excluding tert-OH is 1. The van der Waals surface area contributed by atoms with Crippen LogP contribution in [0.15, 0.2) is 21.9 Å². The summed E-state index contributed by atoms with van der Waals surface area (Å²) in [5.74, 6) is 0. The highest BCUT2D eigenvalue weighted by Gasteiger charge is 2.59. The van der Waals surface area contributed by atoms with Gasteiger partial charge >= 0.3 is 5.69 Å². The number of hydrogen-bond donors (Lipinski definition) is 2. The van der Waals surface area contributed by atoms with Crippen LogP contribution in [0.3, 0.4) is 0 Å². The molecule has 0 radical (unpaired) electrons. The fraction of sp³-hybridized carbons (Fsp3) is 0.600. The van der Waals surface area contributed by atoms with Crippen molar-refractivity contribution in [2.45, 2.75) is 31.0 Å². The molecule has 17 heavy (non-hydrogen) atoms. The van der Waals surface area contributed by atoms with Gasteiger partial charge in [-0.2, -0.15) is 0 Å². The first-order valence-corrected chi connectivity index (χ1v) is 5.30. The summed E-state index contributed by atoms with van der Waals surface area (Å²) in [6.07, 6.45) is -0.713. The Morgan fingerprint density at radius 1 is 1.59 bits per heavy atom. The van der Waals surface area contributed by atoms with Crippen molar-refractivity contribution in [3.63, 3.8) is 0 Å². The molecule has 0 aliphatic carbocycles. The van der Waals surface area contributed by atoms with Gasteiger partial charge in [0.15, 0.2) is 6.23 Å². The lowest BCUT2D eigenvalue weighted by molar-refractivity contribution is -0.167. The van der Waals surface area contributed by atoms with Crippen LogP contribution in [0.5, 0.6) is 0 Å². The number of nitrogens with one attached hydrogen (secondary N) is 1.